The highest BCUT2D eigenvalue weighted by atomic mass is 32.2. The number of nitrogens with one attached hydrogen (secondary N) is 1. The molecule has 0 aromatic carbocycles. The van der Waals surface area contributed by atoms with E-state index in [2.05, 4.69) is 29.0 Å². The van der Waals surface area contributed by atoms with E-state index in [9.17, 15) is 4.79 Å². The topological polar surface area (TPSA) is 45.2 Å². The molecule has 2 heterocycles. The average Bonchev–Trinajstić information content (AvgIpc) is 2.94. The summed E-state index contributed by atoms with van der Waals surface area (Å²) in [6, 6.07) is 0. The molecule has 1 amide bonds. The van der Waals surface area contributed by atoms with Crippen LogP contribution >= 0.6 is 35.3 Å². The third-order valence-electron chi connectivity index (χ3n) is 4.80. The summed E-state index contributed by atoms with van der Waals surface area (Å²) in [7, 11) is 0. The van der Waals surface area contributed by atoms with Crippen molar-refractivity contribution in [2.45, 2.75) is 46.0 Å². The summed E-state index contributed by atoms with van der Waals surface area (Å²) >= 11 is 8.58. The van der Waals surface area contributed by atoms with Crippen molar-refractivity contribution in [1.29, 1.82) is 0 Å². The van der Waals surface area contributed by atoms with E-state index >= 15 is 0 Å². The Labute approximate surface area is 157 Å². The molecule has 1 aliphatic heterocycles. The number of likely N-dealkylation sites (tertiary alicyclic amines) is 1. The fraction of sp³-hybridized carbons (Fsp3) is 0.706. The molecule has 1 saturated heterocycles. The zero-order chi connectivity index (χ0) is 17.1. The number of thiazole rings is 1. The monoisotopic (exact) mass is 383 g/mol. The Morgan fingerprint density at radius 3 is 2.83 bits per heavy atom. The van der Waals surface area contributed by atoms with E-state index in [0.29, 0.717) is 5.75 Å². The first kappa shape index (κ1) is 18.1. The number of carbonyl (C=O) groups is 1. The van der Waals surface area contributed by atoms with E-state index < -0.39 is 0 Å². The van der Waals surface area contributed by atoms with Crippen LogP contribution in [0, 0.1) is 11.8 Å². The molecule has 0 radical (unpaired) electrons. The van der Waals surface area contributed by atoms with Gasteiger partial charge in [-0.1, -0.05) is 37.8 Å². The average molecular weight is 384 g/mol. The SMILES string of the molecule is CC1CCN(C(=S)SCC(=O)Nc2nc3c(s2)C[C@@H](C)CC3)CC1. The van der Waals surface area contributed by atoms with Gasteiger partial charge in [-0.3, -0.25) is 4.79 Å². The van der Waals surface area contributed by atoms with Crippen LogP contribution in [0.1, 0.15) is 43.7 Å². The molecular weight excluding hydrogens is 358 g/mol. The maximum absolute atomic E-state index is 12.2. The number of aromatic nitrogens is 1. The van der Waals surface area contributed by atoms with E-state index in [4.69, 9.17) is 12.2 Å². The highest BCUT2D eigenvalue weighted by Crippen LogP contribution is 2.32. The van der Waals surface area contributed by atoms with Crippen molar-refractivity contribution >= 4 is 50.7 Å². The van der Waals surface area contributed by atoms with Crippen LogP contribution in [-0.4, -0.2) is 39.0 Å². The third kappa shape index (κ3) is 4.70. The highest BCUT2D eigenvalue weighted by molar-refractivity contribution is 8.23. The van der Waals surface area contributed by atoms with Gasteiger partial charge < -0.3 is 10.2 Å². The van der Waals surface area contributed by atoms with Crippen LogP contribution in [0.4, 0.5) is 5.13 Å². The third-order valence-corrected chi connectivity index (χ3v) is 7.36. The second-order valence-electron chi connectivity index (χ2n) is 7.01. The van der Waals surface area contributed by atoms with Crippen LogP contribution in [0.15, 0.2) is 0 Å². The number of thioether (sulfide) groups is 1. The molecule has 7 heteroatoms. The Hall–Kier alpha value is -0.660. The molecule has 1 atom stereocenters. The molecule has 0 unspecified atom stereocenters. The summed E-state index contributed by atoms with van der Waals surface area (Å²) in [6.07, 6.45) is 5.71. The van der Waals surface area contributed by atoms with Crippen molar-refractivity contribution in [2.75, 3.05) is 24.2 Å². The maximum atomic E-state index is 12.2. The number of hydrogen-bond acceptors (Lipinski definition) is 5. The number of carbonyl (C=O) groups excluding carboxylic acids is 1. The maximum Gasteiger partial charge on any atom is 0.236 e. The summed E-state index contributed by atoms with van der Waals surface area (Å²) in [5, 5.41) is 3.70. The van der Waals surface area contributed by atoms with Crippen LogP contribution in [0.3, 0.4) is 0 Å². The molecule has 0 saturated carbocycles. The standard InChI is InChI=1S/C17H25N3OS3/c1-11-5-7-20(8-6-11)17(22)23-10-15(21)19-16-18-13-4-3-12(2)9-14(13)24-16/h11-12H,3-10H2,1-2H3,(H,18,19,21)/t12-/m0/s1. The number of nitrogens with zero attached hydrogens (tertiary/aromatic N) is 2. The number of thiocarbonyl (C=S) groups is 1. The molecule has 1 fully saturated rings. The molecule has 1 N–H and O–H groups in total. The van der Waals surface area contributed by atoms with Crippen molar-refractivity contribution in [1.82, 2.24) is 9.88 Å². The van der Waals surface area contributed by atoms with Gasteiger partial charge in [0.1, 0.15) is 4.32 Å². The first-order chi connectivity index (χ1) is 11.5. The molecule has 1 aliphatic carbocycles. The fourth-order valence-corrected chi connectivity index (χ4v) is 5.40. The molecule has 132 valence electrons. The zero-order valence-corrected chi connectivity index (χ0v) is 16.8. The molecule has 1 aromatic heterocycles. The molecule has 1 aromatic rings. The number of amides is 1. The van der Waals surface area contributed by atoms with Crippen molar-refractivity contribution in [3.63, 3.8) is 0 Å². The van der Waals surface area contributed by atoms with Crippen molar-refractivity contribution in [3.8, 4) is 0 Å². The Balaban J connectivity index is 1.45. The van der Waals surface area contributed by atoms with Gasteiger partial charge in [-0.25, -0.2) is 4.98 Å². The van der Waals surface area contributed by atoms with Crippen LogP contribution in [0.2, 0.25) is 0 Å². The molecule has 2 aliphatic rings. The minimum Gasteiger partial charge on any atom is -0.357 e. The predicted molar refractivity (Wildman–Crippen MR) is 107 cm³/mol. The Bertz CT molecular complexity index is 608. The molecule has 24 heavy (non-hydrogen) atoms. The summed E-state index contributed by atoms with van der Waals surface area (Å²) in [5.74, 6) is 1.87. The van der Waals surface area contributed by atoms with E-state index in [1.807, 2.05) is 0 Å². The lowest BCUT2D eigenvalue weighted by atomic mass is 9.93. The van der Waals surface area contributed by atoms with Gasteiger partial charge in [-0.2, -0.15) is 0 Å². The van der Waals surface area contributed by atoms with Gasteiger partial charge in [0, 0.05) is 18.0 Å². The lowest BCUT2D eigenvalue weighted by molar-refractivity contribution is -0.113. The van der Waals surface area contributed by atoms with E-state index in [1.54, 1.807) is 11.3 Å². The minimum atomic E-state index is -0.00753. The van der Waals surface area contributed by atoms with E-state index in [-0.39, 0.29) is 5.91 Å². The minimum absolute atomic E-state index is 0.00753. The van der Waals surface area contributed by atoms with Gasteiger partial charge in [-0.05, 0) is 43.9 Å². The van der Waals surface area contributed by atoms with Gasteiger partial charge in [0.2, 0.25) is 5.91 Å². The number of fused-ring (bicyclic) bond motifs is 1. The van der Waals surface area contributed by atoms with Gasteiger partial charge >= 0.3 is 0 Å². The summed E-state index contributed by atoms with van der Waals surface area (Å²) in [5.41, 5.74) is 1.18. The largest absolute Gasteiger partial charge is 0.357 e. The molecule has 4 nitrogen and oxygen atoms in total. The Morgan fingerprint density at radius 2 is 2.08 bits per heavy atom. The Kier molecular flexibility index (Phi) is 6.16. The smallest absolute Gasteiger partial charge is 0.236 e. The second-order valence-corrected chi connectivity index (χ2v) is 9.70. The number of anilines is 1. The normalized spacial score (nSPS) is 21.4. The summed E-state index contributed by atoms with van der Waals surface area (Å²) in [4.78, 5) is 20.3. The number of hydrogen-bond donors (Lipinski definition) is 1. The fourth-order valence-electron chi connectivity index (χ4n) is 3.16. The Morgan fingerprint density at radius 1 is 1.33 bits per heavy atom. The van der Waals surface area contributed by atoms with Gasteiger partial charge in [0.05, 0.1) is 11.4 Å². The van der Waals surface area contributed by atoms with E-state index in [0.717, 1.165) is 47.2 Å². The van der Waals surface area contributed by atoms with Crippen LogP contribution in [0.5, 0.6) is 0 Å². The van der Waals surface area contributed by atoms with Crippen molar-refractivity contribution in [2.24, 2.45) is 11.8 Å². The lowest BCUT2D eigenvalue weighted by Gasteiger charge is -2.31. The number of piperidine rings is 1. The lowest BCUT2D eigenvalue weighted by Crippen LogP contribution is -2.36. The summed E-state index contributed by atoms with van der Waals surface area (Å²) < 4.78 is 0.851. The first-order valence-corrected chi connectivity index (χ1v) is 10.9. The van der Waals surface area contributed by atoms with Crippen LogP contribution < -0.4 is 5.32 Å². The quantitative estimate of drug-likeness (QED) is 0.801. The first-order valence-electron chi connectivity index (χ1n) is 8.71. The molecule has 0 spiro atoms. The molecule has 0 bridgehead atoms. The van der Waals surface area contributed by atoms with Crippen LogP contribution in [0.25, 0.3) is 0 Å². The summed E-state index contributed by atoms with van der Waals surface area (Å²) in [6.45, 7) is 6.60. The van der Waals surface area contributed by atoms with Gasteiger partial charge in [-0.15, -0.1) is 11.3 Å². The van der Waals surface area contributed by atoms with Gasteiger partial charge in [0.25, 0.3) is 0 Å². The molecule has 3 rings (SSSR count). The van der Waals surface area contributed by atoms with Gasteiger partial charge in [0.15, 0.2) is 5.13 Å². The van der Waals surface area contributed by atoms with Crippen molar-refractivity contribution in [3.05, 3.63) is 10.6 Å². The predicted octanol–water partition coefficient (Wildman–Crippen LogP) is 3.96. The molecular formula is C17H25N3OS3. The van der Waals surface area contributed by atoms with E-state index in [1.165, 1.54) is 41.6 Å². The highest BCUT2D eigenvalue weighted by Gasteiger charge is 2.21. The van der Waals surface area contributed by atoms with Crippen LogP contribution in [-0.2, 0) is 17.6 Å². The number of rotatable bonds is 3. The zero-order valence-electron chi connectivity index (χ0n) is 14.3. The number of aryl methyl sites for hydroxylation is 1. The second kappa shape index (κ2) is 8.15. The van der Waals surface area contributed by atoms with Crippen molar-refractivity contribution < 1.29 is 4.79 Å².